The van der Waals surface area contributed by atoms with Crippen LogP contribution in [0.1, 0.15) is 88.5 Å². The lowest BCUT2D eigenvalue weighted by molar-refractivity contribution is -0.138. The highest BCUT2D eigenvalue weighted by molar-refractivity contribution is 6.02. The summed E-state index contributed by atoms with van der Waals surface area (Å²) in [7, 11) is 1.42. The van der Waals surface area contributed by atoms with E-state index in [0.717, 1.165) is 11.6 Å². The number of carbonyl (C=O) groups is 4. The minimum atomic E-state index is -4.61. The van der Waals surface area contributed by atoms with Crippen molar-refractivity contribution in [3.63, 3.8) is 0 Å². The summed E-state index contributed by atoms with van der Waals surface area (Å²) in [6.45, 7) is 7.15. The molecule has 2 aliphatic carbocycles. The Balaban J connectivity index is 1.51. The van der Waals surface area contributed by atoms with Gasteiger partial charge in [-0.1, -0.05) is 76.4 Å². The van der Waals surface area contributed by atoms with Crippen LogP contribution in [-0.2, 0) is 38.2 Å². The molecule has 4 amide bonds. The van der Waals surface area contributed by atoms with Crippen LogP contribution in [0.4, 0.5) is 23.2 Å². The fourth-order valence-corrected chi connectivity index (χ4v) is 7.62. The Bertz CT molecular complexity index is 2030. The van der Waals surface area contributed by atoms with Crippen molar-refractivity contribution < 1.29 is 46.6 Å². The first-order valence-corrected chi connectivity index (χ1v) is 19.3. The number of hydrogen-bond acceptors (Lipinski definition) is 6. The first-order valence-electron chi connectivity index (χ1n) is 19.3. The van der Waals surface area contributed by atoms with Gasteiger partial charge in [0.15, 0.2) is 0 Å². The molecule has 3 aromatic carbocycles. The summed E-state index contributed by atoms with van der Waals surface area (Å²) in [6, 6.07) is 11.7. The zero-order valence-corrected chi connectivity index (χ0v) is 32.7. The number of phenolic OH excluding ortho intramolecular Hbond substituents is 1. The molecule has 0 radical (unpaired) electrons. The molecule has 0 spiro atoms. The monoisotopic (exact) mass is 794 g/mol. The van der Waals surface area contributed by atoms with Crippen LogP contribution in [0.3, 0.4) is 0 Å². The van der Waals surface area contributed by atoms with Crippen LogP contribution < -0.4 is 26.0 Å². The Morgan fingerprint density at radius 2 is 1.56 bits per heavy atom. The molecule has 0 bridgehead atoms. The number of nitrogens with one attached hydrogen (secondary N) is 4. The van der Waals surface area contributed by atoms with Crippen LogP contribution in [-0.4, -0.2) is 53.5 Å². The molecule has 3 aromatic rings. The zero-order valence-electron chi connectivity index (χ0n) is 32.7. The number of rotatable bonds is 14. The summed E-state index contributed by atoms with van der Waals surface area (Å²) in [5.41, 5.74) is -0.480. The molecule has 5 rings (SSSR count). The van der Waals surface area contributed by atoms with Gasteiger partial charge in [-0.15, -0.1) is 0 Å². The van der Waals surface area contributed by atoms with Crippen molar-refractivity contribution in [2.24, 2.45) is 11.8 Å². The average molecular weight is 795 g/mol. The number of benzene rings is 3. The van der Waals surface area contributed by atoms with Gasteiger partial charge >= 0.3 is 6.18 Å². The molecule has 2 aliphatic rings. The number of amides is 4. The minimum Gasteiger partial charge on any atom is -0.506 e. The molecule has 0 heterocycles. The van der Waals surface area contributed by atoms with Gasteiger partial charge in [-0.25, -0.2) is 4.39 Å². The quantitative estimate of drug-likeness (QED) is 0.0860. The van der Waals surface area contributed by atoms with Gasteiger partial charge in [0.05, 0.1) is 24.8 Å². The highest BCUT2D eigenvalue weighted by Gasteiger charge is 2.48. The highest BCUT2D eigenvalue weighted by Crippen LogP contribution is 2.47. The maximum absolute atomic E-state index is 14.9. The standard InChI is InChI=1S/C43H50F4N4O6/c1-6-24(3)37(39(54)48-34-18-16-28(57-5)22-35(34)52)50-41(56)42(20-19-26-15-17-30-29(31(26)23-42)12-10-13-32(30)43(45,46)47)51-40(55)38(25(4)7-2)49-36(53)21-27-11-8-9-14-33(27)44/h8-14,16,18,22,24-25,37-38,52H,6-7,15,17,19-21,23H2,1-5H3,(H,48,54)(H,49,53)(H,50,56)(H,51,55)/t24?,25?,37-,38-,42+/m0/s1. The average Bonchev–Trinajstić information content (AvgIpc) is 3.19. The largest absolute Gasteiger partial charge is 0.506 e. The maximum Gasteiger partial charge on any atom is 0.416 e. The van der Waals surface area contributed by atoms with E-state index in [1.807, 2.05) is 13.8 Å². The number of allylic oxidation sites excluding steroid dienone is 1. The van der Waals surface area contributed by atoms with Crippen molar-refractivity contribution in [1.82, 2.24) is 16.0 Å². The third-order valence-electron chi connectivity index (χ3n) is 11.4. The van der Waals surface area contributed by atoms with Crippen molar-refractivity contribution in [2.75, 3.05) is 12.4 Å². The molecule has 0 aromatic heterocycles. The number of aromatic hydroxyl groups is 1. The van der Waals surface area contributed by atoms with Gasteiger partial charge in [-0.2, -0.15) is 13.2 Å². The molecular weight excluding hydrogens is 744 g/mol. The Labute approximate surface area is 329 Å². The summed E-state index contributed by atoms with van der Waals surface area (Å²) in [6.07, 6.45) is -3.43. The molecule has 57 heavy (non-hydrogen) atoms. The number of fused-ring (bicyclic) bond motifs is 2. The number of methoxy groups -OCH3 is 1. The Morgan fingerprint density at radius 3 is 2.19 bits per heavy atom. The third kappa shape index (κ3) is 9.60. The first-order chi connectivity index (χ1) is 27.0. The molecule has 0 aliphatic heterocycles. The Kier molecular flexibility index (Phi) is 13.4. The van der Waals surface area contributed by atoms with Crippen LogP contribution in [0.15, 0.2) is 66.2 Å². The summed E-state index contributed by atoms with van der Waals surface area (Å²) in [4.78, 5) is 56.5. The van der Waals surface area contributed by atoms with Crippen molar-refractivity contribution in [3.8, 4) is 11.5 Å². The Morgan fingerprint density at radius 1 is 0.877 bits per heavy atom. The second kappa shape index (κ2) is 17.8. The summed E-state index contributed by atoms with van der Waals surface area (Å²) in [5, 5.41) is 21.7. The number of carbonyl (C=O) groups excluding carboxylic acids is 4. The number of hydrogen-bond donors (Lipinski definition) is 5. The van der Waals surface area contributed by atoms with Gasteiger partial charge in [0.2, 0.25) is 23.6 Å². The summed E-state index contributed by atoms with van der Waals surface area (Å²) >= 11 is 0. The molecule has 0 saturated carbocycles. The summed E-state index contributed by atoms with van der Waals surface area (Å²) in [5.74, 6) is -4.11. The number of halogens is 4. The second-order valence-corrected chi connectivity index (χ2v) is 15.1. The fourth-order valence-electron chi connectivity index (χ4n) is 7.62. The minimum absolute atomic E-state index is 0.0578. The fraction of sp³-hybridized carbons (Fsp3) is 0.442. The predicted molar refractivity (Wildman–Crippen MR) is 208 cm³/mol. The predicted octanol–water partition coefficient (Wildman–Crippen LogP) is 7.24. The van der Waals surface area contributed by atoms with Crippen LogP contribution in [0.2, 0.25) is 0 Å². The van der Waals surface area contributed by atoms with E-state index >= 15 is 0 Å². The molecule has 5 N–H and O–H groups in total. The molecule has 306 valence electrons. The van der Waals surface area contributed by atoms with Crippen LogP contribution >= 0.6 is 0 Å². The smallest absolute Gasteiger partial charge is 0.416 e. The normalized spacial score (nSPS) is 18.5. The van der Waals surface area contributed by atoms with Crippen molar-refractivity contribution in [3.05, 3.63) is 94.3 Å². The summed E-state index contributed by atoms with van der Waals surface area (Å²) < 4.78 is 62.2. The molecule has 10 nitrogen and oxygen atoms in total. The first kappa shape index (κ1) is 42.7. The van der Waals surface area contributed by atoms with Crippen molar-refractivity contribution >= 4 is 34.9 Å². The number of anilines is 1. The second-order valence-electron chi connectivity index (χ2n) is 15.1. The SMILES string of the molecule is CCC(C)[C@H](NC(=O)Cc1ccccc1F)C(=O)N[C@]1(C(=O)N[C@H](C(=O)Nc2ccc(OC)cc2O)C(C)CC)CCC2=C(C1)c1cccc(C(F)(F)F)c1CC2. The molecule has 14 heteroatoms. The lowest BCUT2D eigenvalue weighted by Gasteiger charge is -2.42. The van der Waals surface area contributed by atoms with E-state index in [1.54, 1.807) is 32.0 Å². The van der Waals surface area contributed by atoms with E-state index in [2.05, 4.69) is 21.3 Å². The third-order valence-corrected chi connectivity index (χ3v) is 11.4. The lowest BCUT2D eigenvalue weighted by Crippen LogP contribution is -2.66. The number of ether oxygens (including phenoxy) is 1. The van der Waals surface area contributed by atoms with Gasteiger partial charge in [0, 0.05) is 12.5 Å². The number of alkyl halides is 3. The van der Waals surface area contributed by atoms with E-state index in [9.17, 15) is 41.8 Å². The van der Waals surface area contributed by atoms with Crippen molar-refractivity contribution in [1.29, 1.82) is 0 Å². The molecular formula is C43H50F4N4O6. The van der Waals surface area contributed by atoms with Gasteiger partial charge in [0.25, 0.3) is 0 Å². The molecule has 0 fully saturated rings. The van der Waals surface area contributed by atoms with E-state index in [-0.39, 0.29) is 54.7 Å². The van der Waals surface area contributed by atoms with Crippen LogP contribution in [0, 0.1) is 17.7 Å². The lowest BCUT2D eigenvalue weighted by atomic mass is 9.70. The van der Waals surface area contributed by atoms with Gasteiger partial charge in [-0.3, -0.25) is 19.2 Å². The molecule has 5 atom stereocenters. The topological polar surface area (TPSA) is 146 Å². The van der Waals surface area contributed by atoms with E-state index in [1.165, 1.54) is 43.5 Å². The van der Waals surface area contributed by atoms with Crippen LogP contribution in [0.25, 0.3) is 5.57 Å². The van der Waals surface area contributed by atoms with Gasteiger partial charge in [0.1, 0.15) is 34.9 Å². The Hall–Kier alpha value is -5.40. The van der Waals surface area contributed by atoms with Crippen LogP contribution in [0.5, 0.6) is 11.5 Å². The number of phenols is 1. The van der Waals surface area contributed by atoms with Gasteiger partial charge in [-0.05, 0) is 84.0 Å². The maximum atomic E-state index is 14.9. The highest BCUT2D eigenvalue weighted by atomic mass is 19.4. The molecule has 2 unspecified atom stereocenters. The van der Waals surface area contributed by atoms with E-state index in [4.69, 9.17) is 4.74 Å². The van der Waals surface area contributed by atoms with Crippen molar-refractivity contribution in [2.45, 2.75) is 103 Å². The molecule has 0 saturated heterocycles. The zero-order chi connectivity index (χ0) is 41.7. The van der Waals surface area contributed by atoms with E-state index < -0.39 is 70.6 Å². The van der Waals surface area contributed by atoms with E-state index in [0.29, 0.717) is 36.1 Å². The van der Waals surface area contributed by atoms with Gasteiger partial charge < -0.3 is 31.1 Å².